The summed E-state index contributed by atoms with van der Waals surface area (Å²) in [5.41, 5.74) is 0. The summed E-state index contributed by atoms with van der Waals surface area (Å²) < 4.78 is 4.90. The maximum atomic E-state index is 14.1. The molecule has 0 saturated carbocycles. The van der Waals surface area contributed by atoms with Crippen LogP contribution in [-0.2, 0) is 19.1 Å². The Kier molecular flexibility index (Phi) is 8.90. The zero-order valence-corrected chi connectivity index (χ0v) is 21.6. The number of aliphatic hydroxyl groups is 1. The minimum atomic E-state index is -0.708. The predicted molar refractivity (Wildman–Crippen MR) is 134 cm³/mol. The second-order valence-corrected chi connectivity index (χ2v) is 11.4. The maximum absolute atomic E-state index is 14.1. The molecule has 7 atom stereocenters. The number of amides is 2. The van der Waals surface area contributed by atoms with Crippen molar-refractivity contribution >= 4 is 29.5 Å². The third kappa shape index (κ3) is 4.43. The number of carbonyl (C=O) groups is 3. The molecule has 0 aliphatic carbocycles. The van der Waals surface area contributed by atoms with Crippen LogP contribution in [0.2, 0.25) is 0 Å². The highest BCUT2D eigenvalue weighted by molar-refractivity contribution is 8.02. The Hall–Kier alpha value is -1.80. The minimum absolute atomic E-state index is 0.00144. The second-order valence-electron chi connectivity index (χ2n) is 9.82. The Morgan fingerprint density at radius 3 is 2.74 bits per heavy atom. The third-order valence-corrected chi connectivity index (χ3v) is 9.81. The number of hydrogen-bond donors (Lipinski definition) is 1. The van der Waals surface area contributed by atoms with E-state index in [1.54, 1.807) is 28.8 Å². The van der Waals surface area contributed by atoms with Crippen LogP contribution < -0.4 is 0 Å². The molecular formula is C26H40N2O5S. The number of fused-ring (bicyclic) bond motifs is 1. The summed E-state index contributed by atoms with van der Waals surface area (Å²) in [6.07, 6.45) is 7.52. The molecule has 7 nitrogen and oxygen atoms in total. The van der Waals surface area contributed by atoms with E-state index < -0.39 is 22.6 Å². The van der Waals surface area contributed by atoms with Gasteiger partial charge in [-0.3, -0.25) is 14.4 Å². The minimum Gasteiger partial charge on any atom is -0.465 e. The fraction of sp³-hybridized carbons (Fsp3) is 0.731. The monoisotopic (exact) mass is 492 g/mol. The molecule has 3 rings (SSSR count). The van der Waals surface area contributed by atoms with E-state index in [4.69, 9.17) is 4.74 Å². The number of β-amino-alcohol motifs (C(OH)–C–C–N with tert-alkyl or cyclic N) is 1. The van der Waals surface area contributed by atoms with E-state index in [0.717, 1.165) is 25.7 Å². The van der Waals surface area contributed by atoms with Crippen molar-refractivity contribution in [3.05, 3.63) is 25.3 Å². The van der Waals surface area contributed by atoms with Gasteiger partial charge in [0, 0.05) is 24.4 Å². The van der Waals surface area contributed by atoms with E-state index in [1.807, 2.05) is 11.8 Å². The molecule has 4 unspecified atom stereocenters. The van der Waals surface area contributed by atoms with Crippen LogP contribution in [0.1, 0.15) is 52.9 Å². The lowest BCUT2D eigenvalue weighted by Gasteiger charge is -2.41. The average Bonchev–Trinajstić information content (AvgIpc) is 3.39. The lowest BCUT2D eigenvalue weighted by Crippen LogP contribution is -2.58. The number of thioether (sulfide) groups is 1. The van der Waals surface area contributed by atoms with E-state index in [9.17, 15) is 19.5 Å². The Labute approximate surface area is 208 Å². The quantitative estimate of drug-likeness (QED) is 0.242. The van der Waals surface area contributed by atoms with Crippen molar-refractivity contribution in [1.29, 1.82) is 0 Å². The van der Waals surface area contributed by atoms with Gasteiger partial charge in [-0.1, -0.05) is 32.4 Å². The lowest BCUT2D eigenvalue weighted by molar-refractivity contribution is -0.154. The maximum Gasteiger partial charge on any atom is 0.310 e. The molecule has 3 aliphatic heterocycles. The highest BCUT2D eigenvalue weighted by atomic mass is 32.2. The number of ether oxygens (including phenoxy) is 1. The number of aliphatic hydroxyl groups excluding tert-OH is 1. The van der Waals surface area contributed by atoms with E-state index in [0.29, 0.717) is 19.6 Å². The van der Waals surface area contributed by atoms with E-state index in [1.165, 1.54) is 0 Å². The van der Waals surface area contributed by atoms with Crippen LogP contribution in [-0.4, -0.2) is 81.1 Å². The van der Waals surface area contributed by atoms with Crippen molar-refractivity contribution in [2.24, 2.45) is 17.8 Å². The summed E-state index contributed by atoms with van der Waals surface area (Å²) in [6, 6.07) is -0.707. The van der Waals surface area contributed by atoms with Gasteiger partial charge in [0.15, 0.2) is 0 Å². The zero-order valence-electron chi connectivity index (χ0n) is 20.8. The highest BCUT2D eigenvalue weighted by Crippen LogP contribution is 2.68. The molecule has 190 valence electrons. The first kappa shape index (κ1) is 26.8. The van der Waals surface area contributed by atoms with Gasteiger partial charge < -0.3 is 19.6 Å². The number of esters is 1. The van der Waals surface area contributed by atoms with Crippen LogP contribution in [0.5, 0.6) is 0 Å². The van der Waals surface area contributed by atoms with Crippen LogP contribution in [0.25, 0.3) is 0 Å². The molecule has 2 amide bonds. The van der Waals surface area contributed by atoms with Gasteiger partial charge in [0.05, 0.1) is 29.8 Å². The molecule has 0 radical (unpaired) electrons. The van der Waals surface area contributed by atoms with Gasteiger partial charge in [-0.15, -0.1) is 24.9 Å². The van der Waals surface area contributed by atoms with Crippen molar-refractivity contribution in [2.45, 2.75) is 75.0 Å². The molecule has 3 fully saturated rings. The smallest absolute Gasteiger partial charge is 0.310 e. The average molecular weight is 493 g/mol. The van der Waals surface area contributed by atoms with Crippen LogP contribution in [0.15, 0.2) is 25.3 Å². The van der Waals surface area contributed by atoms with Crippen molar-refractivity contribution < 1.29 is 24.2 Å². The van der Waals surface area contributed by atoms with E-state index in [-0.39, 0.29) is 48.1 Å². The summed E-state index contributed by atoms with van der Waals surface area (Å²) in [5, 5.41) is 9.74. The molecule has 1 N–H and O–H groups in total. The first-order valence-electron chi connectivity index (χ1n) is 12.6. The van der Waals surface area contributed by atoms with Crippen LogP contribution in [0, 0.1) is 17.8 Å². The van der Waals surface area contributed by atoms with Gasteiger partial charge in [-0.05, 0) is 38.5 Å². The molecule has 0 aromatic rings. The van der Waals surface area contributed by atoms with Gasteiger partial charge in [0.25, 0.3) is 0 Å². The third-order valence-electron chi connectivity index (χ3n) is 7.74. The number of likely N-dealkylation sites (tertiary alicyclic amines) is 1. The van der Waals surface area contributed by atoms with Gasteiger partial charge in [-0.25, -0.2) is 0 Å². The number of rotatable bonds is 13. The topological polar surface area (TPSA) is 87.2 Å². The second kappa shape index (κ2) is 11.3. The fourth-order valence-electron chi connectivity index (χ4n) is 6.27. The summed E-state index contributed by atoms with van der Waals surface area (Å²) in [6.45, 7) is 14.3. The van der Waals surface area contributed by atoms with Gasteiger partial charge in [0.1, 0.15) is 6.04 Å². The highest BCUT2D eigenvalue weighted by Gasteiger charge is 2.76. The van der Waals surface area contributed by atoms with Crippen LogP contribution in [0.3, 0.4) is 0 Å². The SMILES string of the molecule is C=CCCCOC(=O)[C@@H]1[C@@H]2CC(C)C3(S2)C(C(=O)N(CC=C)C(C)CCC)N(CCO)C(=O)[C@H]13. The van der Waals surface area contributed by atoms with Gasteiger partial charge >= 0.3 is 5.97 Å². The molecule has 3 saturated heterocycles. The predicted octanol–water partition coefficient (Wildman–Crippen LogP) is 3.03. The van der Waals surface area contributed by atoms with E-state index in [2.05, 4.69) is 27.0 Å². The molecular weight excluding hydrogens is 452 g/mol. The molecule has 3 aliphatic rings. The zero-order chi connectivity index (χ0) is 25.0. The normalized spacial score (nSPS) is 32.4. The number of carbonyl (C=O) groups excluding carboxylic acids is 3. The summed E-state index contributed by atoms with van der Waals surface area (Å²) in [4.78, 5) is 44.5. The molecule has 2 bridgehead atoms. The number of unbranched alkanes of at least 4 members (excludes halogenated alkanes) is 1. The largest absolute Gasteiger partial charge is 0.465 e. The molecule has 34 heavy (non-hydrogen) atoms. The van der Waals surface area contributed by atoms with Crippen molar-refractivity contribution in [2.75, 3.05) is 26.3 Å². The molecule has 8 heteroatoms. The van der Waals surface area contributed by atoms with Gasteiger partial charge in [0.2, 0.25) is 11.8 Å². The van der Waals surface area contributed by atoms with Gasteiger partial charge in [-0.2, -0.15) is 0 Å². The summed E-state index contributed by atoms with van der Waals surface area (Å²) >= 11 is 1.63. The lowest BCUT2D eigenvalue weighted by atomic mass is 9.66. The summed E-state index contributed by atoms with van der Waals surface area (Å²) in [7, 11) is 0. The Morgan fingerprint density at radius 2 is 2.12 bits per heavy atom. The summed E-state index contributed by atoms with van der Waals surface area (Å²) in [5.74, 6) is -1.73. The van der Waals surface area contributed by atoms with Crippen LogP contribution in [0.4, 0.5) is 0 Å². The molecule has 0 aromatic carbocycles. The Balaban J connectivity index is 1.97. The Morgan fingerprint density at radius 1 is 1.38 bits per heavy atom. The first-order chi connectivity index (χ1) is 16.3. The van der Waals surface area contributed by atoms with Crippen molar-refractivity contribution in [3.8, 4) is 0 Å². The molecule has 0 aromatic heterocycles. The van der Waals surface area contributed by atoms with Crippen molar-refractivity contribution in [1.82, 2.24) is 9.80 Å². The van der Waals surface area contributed by atoms with E-state index >= 15 is 0 Å². The molecule has 3 heterocycles. The molecule has 1 spiro atoms. The number of allylic oxidation sites excluding steroid dienone is 1. The fourth-order valence-corrected chi connectivity index (χ4v) is 8.67. The Bertz CT molecular complexity index is 804. The first-order valence-corrected chi connectivity index (χ1v) is 13.5. The number of nitrogens with zero attached hydrogens (tertiary/aromatic N) is 2. The van der Waals surface area contributed by atoms with Crippen LogP contribution >= 0.6 is 11.8 Å². The standard InChI is InChI=1S/C26H40N2O5S/c1-6-9-10-15-33-25(32)20-19-16-17(4)26(34-19)21(20)23(30)28(13-14-29)22(26)24(31)27(12-8-3)18(5)11-7-2/h6,8,17-22,29H,1,3,7,9-16H2,2,4-5H3/t17?,18?,19-,20+,21-,22?,26?/m0/s1. The van der Waals surface area contributed by atoms with Crippen molar-refractivity contribution in [3.63, 3.8) is 0 Å². The number of hydrogen-bond acceptors (Lipinski definition) is 6.